The van der Waals surface area contributed by atoms with Crippen molar-refractivity contribution in [1.29, 1.82) is 0 Å². The Bertz CT molecular complexity index is 516. The zero-order chi connectivity index (χ0) is 16.9. The minimum absolute atomic E-state index is 0.0963. The lowest BCUT2D eigenvalue weighted by molar-refractivity contribution is -0.147. The normalized spacial score (nSPS) is 14.3. The molecule has 1 aromatic carbocycles. The van der Waals surface area contributed by atoms with Crippen molar-refractivity contribution in [2.45, 2.75) is 31.7 Å². The van der Waals surface area contributed by atoms with Crippen molar-refractivity contribution in [1.82, 2.24) is 0 Å². The molecule has 0 fully saturated rings. The Labute approximate surface area is 125 Å². The van der Waals surface area contributed by atoms with Crippen LogP contribution >= 0.6 is 0 Å². The number of hydrogen-bond donors (Lipinski definition) is 2. The van der Waals surface area contributed by atoms with E-state index in [4.69, 9.17) is 4.74 Å². The van der Waals surface area contributed by atoms with Gasteiger partial charge in [0.25, 0.3) is 0 Å². The largest absolute Gasteiger partial charge is 0.497 e. The molecule has 0 radical (unpaired) electrons. The van der Waals surface area contributed by atoms with Gasteiger partial charge in [0, 0.05) is 0 Å². The highest BCUT2D eigenvalue weighted by atomic mass is 19.4. The fraction of sp³-hybridized carbons (Fsp3) is 0.500. The molecule has 0 spiro atoms. The number of halogens is 3. The van der Waals surface area contributed by atoms with Crippen molar-refractivity contribution in [3.8, 4) is 5.75 Å². The summed E-state index contributed by atoms with van der Waals surface area (Å²) < 4.78 is 47.7. The van der Waals surface area contributed by atoms with Crippen molar-refractivity contribution in [3.63, 3.8) is 0 Å². The molecular weight excluding hydrogens is 305 g/mol. The van der Waals surface area contributed by atoms with Gasteiger partial charge in [-0.3, -0.25) is 4.79 Å². The number of carbonyl (C=O) groups is 1. The van der Waals surface area contributed by atoms with Crippen LogP contribution in [0.3, 0.4) is 0 Å². The summed E-state index contributed by atoms with van der Waals surface area (Å²) >= 11 is 0. The number of alkyl halides is 3. The molecule has 0 bridgehead atoms. The van der Waals surface area contributed by atoms with Crippen LogP contribution in [0.4, 0.5) is 13.2 Å². The van der Waals surface area contributed by atoms with E-state index in [1.807, 2.05) is 0 Å². The van der Waals surface area contributed by atoms with Crippen LogP contribution in [0.25, 0.3) is 0 Å². The van der Waals surface area contributed by atoms with Crippen LogP contribution in [0.1, 0.15) is 30.6 Å². The van der Waals surface area contributed by atoms with Gasteiger partial charge in [-0.2, -0.15) is 13.2 Å². The van der Waals surface area contributed by atoms with E-state index >= 15 is 0 Å². The summed E-state index contributed by atoms with van der Waals surface area (Å²) in [5.41, 5.74) is -1.23. The van der Waals surface area contributed by atoms with Crippen molar-refractivity contribution in [3.05, 3.63) is 29.3 Å². The summed E-state index contributed by atoms with van der Waals surface area (Å²) in [4.78, 5) is 11.2. The molecule has 8 heteroatoms. The number of aliphatic hydroxyl groups is 2. The predicted molar refractivity (Wildman–Crippen MR) is 70.2 cm³/mol. The highest BCUT2D eigenvalue weighted by molar-refractivity contribution is 5.70. The van der Waals surface area contributed by atoms with Gasteiger partial charge >= 0.3 is 12.1 Å². The molecule has 0 aliphatic heterocycles. The molecule has 1 aromatic rings. The molecule has 22 heavy (non-hydrogen) atoms. The highest BCUT2D eigenvalue weighted by Gasteiger charge is 2.33. The van der Waals surface area contributed by atoms with Crippen molar-refractivity contribution < 1.29 is 37.7 Å². The van der Waals surface area contributed by atoms with Gasteiger partial charge in [-0.15, -0.1) is 0 Å². The molecule has 0 aromatic heterocycles. The van der Waals surface area contributed by atoms with Crippen molar-refractivity contribution >= 4 is 5.97 Å². The zero-order valence-corrected chi connectivity index (χ0v) is 12.1. The highest BCUT2D eigenvalue weighted by Crippen LogP contribution is 2.34. The number of carbonyl (C=O) groups excluding carboxylic acids is 1. The molecule has 0 aliphatic rings. The summed E-state index contributed by atoms with van der Waals surface area (Å²) in [7, 11) is 1.18. The lowest BCUT2D eigenvalue weighted by Crippen LogP contribution is -2.23. The third-order valence-corrected chi connectivity index (χ3v) is 2.88. The number of esters is 1. The Morgan fingerprint density at radius 3 is 2.41 bits per heavy atom. The van der Waals surface area contributed by atoms with Crippen molar-refractivity contribution in [2.75, 3.05) is 13.7 Å². The summed E-state index contributed by atoms with van der Waals surface area (Å²) in [6, 6.07) is 2.63. The van der Waals surface area contributed by atoms with Gasteiger partial charge in [0.05, 0.1) is 31.8 Å². The van der Waals surface area contributed by atoms with Gasteiger partial charge in [0.2, 0.25) is 0 Å². The number of ether oxygens (including phenoxy) is 2. The van der Waals surface area contributed by atoms with E-state index in [0.717, 1.165) is 12.1 Å². The molecule has 2 atom stereocenters. The van der Waals surface area contributed by atoms with Gasteiger partial charge < -0.3 is 19.7 Å². The SMILES string of the molecule is CCOC(=O)CC(O)C(O)c1cc(OC)cc(C(F)(F)F)c1. The fourth-order valence-corrected chi connectivity index (χ4v) is 1.80. The molecular formula is C14H17F3O5. The summed E-state index contributed by atoms with van der Waals surface area (Å²) in [5, 5.41) is 19.7. The smallest absolute Gasteiger partial charge is 0.416 e. The third-order valence-electron chi connectivity index (χ3n) is 2.88. The Balaban J connectivity index is 3.01. The molecule has 2 N–H and O–H groups in total. The number of aliphatic hydroxyl groups excluding tert-OH is 2. The van der Waals surface area contributed by atoms with Crippen LogP contribution in [0.2, 0.25) is 0 Å². The van der Waals surface area contributed by atoms with E-state index in [-0.39, 0.29) is 17.9 Å². The monoisotopic (exact) mass is 322 g/mol. The van der Waals surface area contributed by atoms with E-state index in [0.29, 0.717) is 6.07 Å². The topological polar surface area (TPSA) is 76.0 Å². The van der Waals surface area contributed by atoms with E-state index in [1.54, 1.807) is 6.92 Å². The second-order valence-electron chi connectivity index (χ2n) is 4.51. The first-order valence-corrected chi connectivity index (χ1v) is 6.47. The fourth-order valence-electron chi connectivity index (χ4n) is 1.80. The molecule has 0 aliphatic carbocycles. The van der Waals surface area contributed by atoms with E-state index < -0.39 is 36.3 Å². The molecule has 2 unspecified atom stereocenters. The molecule has 5 nitrogen and oxygen atoms in total. The quantitative estimate of drug-likeness (QED) is 0.784. The first kappa shape index (κ1) is 18.2. The van der Waals surface area contributed by atoms with Crippen LogP contribution in [0, 0.1) is 0 Å². The molecule has 0 heterocycles. The van der Waals surface area contributed by atoms with E-state index in [2.05, 4.69) is 4.74 Å². The summed E-state index contributed by atoms with van der Waals surface area (Å²) in [6.07, 6.45) is -8.43. The maximum Gasteiger partial charge on any atom is 0.416 e. The molecule has 124 valence electrons. The molecule has 0 saturated heterocycles. The van der Waals surface area contributed by atoms with Crippen LogP contribution in [0.15, 0.2) is 18.2 Å². The Morgan fingerprint density at radius 2 is 1.91 bits per heavy atom. The Kier molecular flexibility index (Phi) is 6.19. The van der Waals surface area contributed by atoms with Crippen LogP contribution < -0.4 is 4.74 Å². The number of hydrogen-bond acceptors (Lipinski definition) is 5. The minimum atomic E-state index is -4.63. The van der Waals surface area contributed by atoms with Gasteiger partial charge in [0.1, 0.15) is 11.9 Å². The average molecular weight is 322 g/mol. The minimum Gasteiger partial charge on any atom is -0.497 e. The first-order valence-electron chi connectivity index (χ1n) is 6.47. The van der Waals surface area contributed by atoms with Crippen molar-refractivity contribution in [2.24, 2.45) is 0 Å². The zero-order valence-electron chi connectivity index (χ0n) is 12.1. The number of benzene rings is 1. The van der Waals surface area contributed by atoms with Crippen LogP contribution in [-0.2, 0) is 15.7 Å². The van der Waals surface area contributed by atoms with Gasteiger partial charge in [0.15, 0.2) is 0 Å². The average Bonchev–Trinajstić information content (AvgIpc) is 2.45. The van der Waals surface area contributed by atoms with Gasteiger partial charge in [-0.25, -0.2) is 0 Å². The lowest BCUT2D eigenvalue weighted by atomic mass is 9.99. The molecule has 0 saturated carbocycles. The Morgan fingerprint density at radius 1 is 1.27 bits per heavy atom. The number of methoxy groups -OCH3 is 1. The maximum atomic E-state index is 12.8. The van der Waals surface area contributed by atoms with Crippen LogP contribution in [0.5, 0.6) is 5.75 Å². The first-order chi connectivity index (χ1) is 10.2. The van der Waals surface area contributed by atoms with E-state index in [9.17, 15) is 28.2 Å². The molecule has 0 amide bonds. The maximum absolute atomic E-state index is 12.8. The number of rotatable bonds is 6. The van der Waals surface area contributed by atoms with Gasteiger partial charge in [-0.05, 0) is 30.7 Å². The second-order valence-corrected chi connectivity index (χ2v) is 4.51. The lowest BCUT2D eigenvalue weighted by Gasteiger charge is -2.19. The molecule has 1 rings (SSSR count). The second kappa shape index (κ2) is 7.46. The standard InChI is InChI=1S/C14H17F3O5/c1-3-22-12(19)7-11(18)13(20)8-4-9(14(15,16)17)6-10(5-8)21-2/h4-6,11,13,18,20H,3,7H2,1-2H3. The Hall–Kier alpha value is -1.80. The van der Waals surface area contributed by atoms with Gasteiger partial charge in [-0.1, -0.05) is 0 Å². The van der Waals surface area contributed by atoms with Crippen LogP contribution in [-0.4, -0.2) is 36.0 Å². The summed E-state index contributed by atoms with van der Waals surface area (Å²) in [5.74, 6) is -0.875. The predicted octanol–water partition coefficient (Wildman–Crippen LogP) is 2.06. The van der Waals surface area contributed by atoms with E-state index in [1.165, 1.54) is 7.11 Å². The summed E-state index contributed by atoms with van der Waals surface area (Å²) in [6.45, 7) is 1.66. The third kappa shape index (κ3) is 4.88.